The number of phenols is 2. The maximum Gasteiger partial charge on any atom is 0.160 e. The van der Waals surface area contributed by atoms with Crippen LogP contribution in [0.5, 0.6) is 17.2 Å². The summed E-state index contributed by atoms with van der Waals surface area (Å²) in [5.74, 6) is -0.0156. The topological polar surface area (TPSA) is 61.7 Å². The molecule has 20 heavy (non-hydrogen) atoms. The monoisotopic (exact) mass is 277 g/mol. The molecule has 0 amide bonds. The van der Waals surface area contributed by atoms with E-state index in [2.05, 4.69) is 5.32 Å². The molecule has 0 fully saturated rings. The molecule has 5 heteroatoms. The van der Waals surface area contributed by atoms with Gasteiger partial charge in [0.15, 0.2) is 11.5 Å². The summed E-state index contributed by atoms with van der Waals surface area (Å²) < 4.78 is 18.2. The lowest BCUT2D eigenvalue weighted by Gasteiger charge is -2.17. The minimum atomic E-state index is -0.413. The largest absolute Gasteiger partial charge is 0.508 e. The van der Waals surface area contributed by atoms with Gasteiger partial charge in [-0.3, -0.25) is 0 Å². The number of nitrogens with one attached hydrogen (secondary N) is 1. The third-order valence-corrected chi connectivity index (χ3v) is 3.02. The molecule has 2 aromatic carbocycles. The van der Waals surface area contributed by atoms with Gasteiger partial charge in [-0.05, 0) is 37.3 Å². The number of hydrogen-bond donors (Lipinski definition) is 3. The molecule has 106 valence electrons. The summed E-state index contributed by atoms with van der Waals surface area (Å²) in [6.07, 6.45) is 0. The Bertz CT molecular complexity index is 616. The minimum absolute atomic E-state index is 0.00756. The standard InChI is InChI=1S/C15H16FNO3/c1-9(12-7-10(16)3-5-13(12)18)17-11-4-6-15(20-2)14(19)8-11/h3-9,17-19H,1-2H3. The molecule has 4 nitrogen and oxygen atoms in total. The molecule has 0 bridgehead atoms. The van der Waals surface area contributed by atoms with E-state index < -0.39 is 5.82 Å². The van der Waals surface area contributed by atoms with Gasteiger partial charge >= 0.3 is 0 Å². The van der Waals surface area contributed by atoms with E-state index in [0.29, 0.717) is 17.0 Å². The second-order valence-corrected chi connectivity index (χ2v) is 4.46. The molecule has 1 atom stereocenters. The van der Waals surface area contributed by atoms with Crippen molar-refractivity contribution >= 4 is 5.69 Å². The van der Waals surface area contributed by atoms with Crippen LogP contribution in [0.15, 0.2) is 36.4 Å². The first-order valence-corrected chi connectivity index (χ1v) is 6.13. The van der Waals surface area contributed by atoms with E-state index in [-0.39, 0.29) is 17.5 Å². The number of benzene rings is 2. The smallest absolute Gasteiger partial charge is 0.160 e. The molecule has 0 saturated carbocycles. The lowest BCUT2D eigenvalue weighted by Crippen LogP contribution is -2.07. The van der Waals surface area contributed by atoms with Gasteiger partial charge in [0.2, 0.25) is 0 Å². The van der Waals surface area contributed by atoms with Crippen LogP contribution < -0.4 is 10.1 Å². The SMILES string of the molecule is COc1ccc(NC(C)c2cc(F)ccc2O)cc1O. The highest BCUT2D eigenvalue weighted by atomic mass is 19.1. The predicted molar refractivity (Wildman–Crippen MR) is 74.8 cm³/mol. The molecule has 0 aliphatic rings. The van der Waals surface area contributed by atoms with Gasteiger partial charge in [-0.2, -0.15) is 0 Å². The first-order valence-electron chi connectivity index (χ1n) is 6.13. The van der Waals surface area contributed by atoms with Crippen molar-refractivity contribution in [3.63, 3.8) is 0 Å². The van der Waals surface area contributed by atoms with Crippen LogP contribution in [0.4, 0.5) is 10.1 Å². The Balaban J connectivity index is 2.21. The molecule has 0 radical (unpaired) electrons. The highest BCUT2D eigenvalue weighted by Crippen LogP contribution is 2.32. The molecule has 0 aliphatic carbocycles. The van der Waals surface area contributed by atoms with Crippen LogP contribution >= 0.6 is 0 Å². The van der Waals surface area contributed by atoms with Gasteiger partial charge in [-0.25, -0.2) is 4.39 Å². The highest BCUT2D eigenvalue weighted by Gasteiger charge is 2.12. The van der Waals surface area contributed by atoms with Crippen LogP contribution in [0.3, 0.4) is 0 Å². The Morgan fingerprint density at radius 1 is 1.10 bits per heavy atom. The lowest BCUT2D eigenvalue weighted by atomic mass is 10.1. The van der Waals surface area contributed by atoms with Gasteiger partial charge in [0.1, 0.15) is 11.6 Å². The third kappa shape index (κ3) is 2.93. The van der Waals surface area contributed by atoms with Gasteiger partial charge in [0.05, 0.1) is 13.2 Å². The van der Waals surface area contributed by atoms with E-state index in [1.54, 1.807) is 19.1 Å². The summed E-state index contributed by atoms with van der Waals surface area (Å²) >= 11 is 0. The van der Waals surface area contributed by atoms with Crippen LogP contribution in [0.1, 0.15) is 18.5 Å². The maximum absolute atomic E-state index is 13.2. The zero-order chi connectivity index (χ0) is 14.7. The fraction of sp³-hybridized carbons (Fsp3) is 0.200. The summed E-state index contributed by atoms with van der Waals surface area (Å²) in [4.78, 5) is 0. The number of ether oxygens (including phenoxy) is 1. The number of methoxy groups -OCH3 is 1. The van der Waals surface area contributed by atoms with Gasteiger partial charge in [0.25, 0.3) is 0 Å². The van der Waals surface area contributed by atoms with Gasteiger partial charge in [0, 0.05) is 17.3 Å². The highest BCUT2D eigenvalue weighted by molar-refractivity contribution is 5.55. The van der Waals surface area contributed by atoms with E-state index >= 15 is 0 Å². The number of hydrogen-bond acceptors (Lipinski definition) is 4. The summed E-state index contributed by atoms with van der Waals surface area (Å²) in [5.41, 5.74) is 1.08. The van der Waals surface area contributed by atoms with Crippen LogP contribution in [0, 0.1) is 5.82 Å². The Kier molecular flexibility index (Phi) is 3.98. The molecule has 0 aliphatic heterocycles. The molecule has 0 heterocycles. The molecule has 3 N–H and O–H groups in total. The van der Waals surface area contributed by atoms with Gasteiger partial charge in [-0.15, -0.1) is 0 Å². The average molecular weight is 277 g/mol. The number of anilines is 1. The Morgan fingerprint density at radius 2 is 1.85 bits per heavy atom. The number of phenolic OH excluding ortho intramolecular Hbond substituents is 2. The average Bonchev–Trinajstić information content (AvgIpc) is 2.41. The molecule has 0 saturated heterocycles. The number of halogens is 1. The summed E-state index contributed by atoms with van der Waals surface area (Å²) in [6.45, 7) is 1.79. The van der Waals surface area contributed by atoms with E-state index in [4.69, 9.17) is 4.74 Å². The van der Waals surface area contributed by atoms with E-state index in [1.807, 2.05) is 0 Å². The predicted octanol–water partition coefficient (Wildman–Crippen LogP) is 3.42. The Labute approximate surface area is 116 Å². The van der Waals surface area contributed by atoms with E-state index in [1.165, 1.54) is 31.4 Å². The molecule has 0 aromatic heterocycles. The fourth-order valence-electron chi connectivity index (χ4n) is 1.98. The zero-order valence-corrected chi connectivity index (χ0v) is 11.2. The van der Waals surface area contributed by atoms with Crippen molar-refractivity contribution in [3.8, 4) is 17.2 Å². The van der Waals surface area contributed by atoms with Crippen molar-refractivity contribution < 1.29 is 19.3 Å². The Hall–Kier alpha value is -2.43. The molecule has 2 aromatic rings. The molecule has 1 unspecified atom stereocenters. The number of rotatable bonds is 4. The first-order chi connectivity index (χ1) is 9.51. The van der Waals surface area contributed by atoms with Crippen molar-refractivity contribution in [3.05, 3.63) is 47.8 Å². The van der Waals surface area contributed by atoms with Crippen LogP contribution in [-0.4, -0.2) is 17.3 Å². The minimum Gasteiger partial charge on any atom is -0.508 e. The van der Waals surface area contributed by atoms with Crippen LogP contribution in [-0.2, 0) is 0 Å². The normalized spacial score (nSPS) is 11.9. The molecular formula is C15H16FNO3. The van der Waals surface area contributed by atoms with Crippen LogP contribution in [0.25, 0.3) is 0 Å². The summed E-state index contributed by atoms with van der Waals surface area (Å²) in [6, 6.07) is 8.32. The summed E-state index contributed by atoms with van der Waals surface area (Å²) in [7, 11) is 1.47. The molecule has 2 rings (SSSR count). The van der Waals surface area contributed by atoms with Crippen LogP contribution in [0.2, 0.25) is 0 Å². The molecular weight excluding hydrogens is 261 g/mol. The van der Waals surface area contributed by atoms with Crippen molar-refractivity contribution in [2.45, 2.75) is 13.0 Å². The van der Waals surface area contributed by atoms with Gasteiger partial charge in [-0.1, -0.05) is 0 Å². The second-order valence-electron chi connectivity index (χ2n) is 4.46. The van der Waals surface area contributed by atoms with Crippen molar-refractivity contribution in [1.82, 2.24) is 0 Å². The Morgan fingerprint density at radius 3 is 2.50 bits per heavy atom. The van der Waals surface area contributed by atoms with E-state index in [9.17, 15) is 14.6 Å². The maximum atomic E-state index is 13.2. The van der Waals surface area contributed by atoms with Crippen molar-refractivity contribution in [2.75, 3.05) is 12.4 Å². The number of aromatic hydroxyl groups is 2. The van der Waals surface area contributed by atoms with Crippen molar-refractivity contribution in [2.24, 2.45) is 0 Å². The fourth-order valence-corrected chi connectivity index (χ4v) is 1.98. The van der Waals surface area contributed by atoms with Crippen molar-refractivity contribution in [1.29, 1.82) is 0 Å². The quantitative estimate of drug-likeness (QED) is 0.801. The molecule has 0 spiro atoms. The second kappa shape index (κ2) is 5.69. The zero-order valence-electron chi connectivity index (χ0n) is 11.2. The first kappa shape index (κ1) is 14.0. The summed E-state index contributed by atoms with van der Waals surface area (Å²) in [5, 5.41) is 22.5. The lowest BCUT2D eigenvalue weighted by molar-refractivity contribution is 0.373. The van der Waals surface area contributed by atoms with E-state index in [0.717, 1.165) is 0 Å². The third-order valence-electron chi connectivity index (χ3n) is 3.02. The van der Waals surface area contributed by atoms with Gasteiger partial charge < -0.3 is 20.3 Å².